The second kappa shape index (κ2) is 9.40. The molecule has 14 heavy (non-hydrogen) atoms. The van der Waals surface area contributed by atoms with Gasteiger partial charge in [0.05, 0.1) is 25.4 Å². The van der Waals surface area contributed by atoms with Crippen LogP contribution < -0.4 is 0 Å². The third-order valence-corrected chi connectivity index (χ3v) is 1.77. The summed E-state index contributed by atoms with van der Waals surface area (Å²) in [5.74, 6) is 0. The van der Waals surface area contributed by atoms with E-state index < -0.39 is 0 Å². The molecule has 0 aromatic carbocycles. The smallest absolute Gasteiger partial charge is 0.0785 e. The van der Waals surface area contributed by atoms with E-state index in [1.807, 2.05) is 13.8 Å². The number of rotatable bonds is 9. The van der Waals surface area contributed by atoms with Gasteiger partial charge in [0.15, 0.2) is 0 Å². The Hall–Kier alpha value is -0.160. The van der Waals surface area contributed by atoms with Gasteiger partial charge >= 0.3 is 0 Å². The Labute approximate surface area is 85.8 Å². The summed E-state index contributed by atoms with van der Waals surface area (Å²) < 4.78 is 10.7. The van der Waals surface area contributed by atoms with Crippen LogP contribution in [0.15, 0.2) is 0 Å². The van der Waals surface area contributed by atoms with Gasteiger partial charge in [0.2, 0.25) is 0 Å². The molecule has 86 valence electrons. The van der Waals surface area contributed by atoms with Crippen LogP contribution in [-0.4, -0.2) is 48.8 Å². The van der Waals surface area contributed by atoms with E-state index in [2.05, 4.69) is 0 Å². The molecule has 2 atom stereocenters. The number of aliphatic hydroxyl groups excluding tert-OH is 2. The second-order valence-corrected chi connectivity index (χ2v) is 3.45. The van der Waals surface area contributed by atoms with Gasteiger partial charge in [-0.25, -0.2) is 0 Å². The van der Waals surface area contributed by atoms with Crippen molar-refractivity contribution in [2.45, 2.75) is 38.9 Å². The molecule has 0 radical (unpaired) electrons. The first-order valence-electron chi connectivity index (χ1n) is 5.15. The Balaban J connectivity index is 3.22. The van der Waals surface area contributed by atoms with Crippen molar-refractivity contribution < 1.29 is 19.7 Å². The lowest BCUT2D eigenvalue weighted by molar-refractivity contribution is -0.0588. The van der Waals surface area contributed by atoms with E-state index in [0.717, 1.165) is 12.8 Å². The average Bonchev–Trinajstić information content (AvgIpc) is 2.17. The number of unbranched alkanes of at least 4 members (excludes halogenated alkanes) is 1. The summed E-state index contributed by atoms with van der Waals surface area (Å²) in [5, 5.41) is 17.2. The molecule has 0 bridgehead atoms. The van der Waals surface area contributed by atoms with Crippen molar-refractivity contribution in [2.24, 2.45) is 0 Å². The van der Waals surface area contributed by atoms with Crippen molar-refractivity contribution in [1.82, 2.24) is 0 Å². The van der Waals surface area contributed by atoms with Crippen molar-refractivity contribution in [3.63, 3.8) is 0 Å². The van der Waals surface area contributed by atoms with Crippen LogP contribution in [0, 0.1) is 0 Å². The molecule has 0 saturated heterocycles. The SMILES string of the molecule is CC(CO)OC(C)COCCCCO. The summed E-state index contributed by atoms with van der Waals surface area (Å²) in [4.78, 5) is 0. The van der Waals surface area contributed by atoms with Crippen LogP contribution in [0.5, 0.6) is 0 Å². The molecule has 0 heterocycles. The summed E-state index contributed by atoms with van der Waals surface area (Å²) >= 11 is 0. The lowest BCUT2D eigenvalue weighted by Crippen LogP contribution is -2.24. The van der Waals surface area contributed by atoms with Crippen molar-refractivity contribution in [3.8, 4) is 0 Å². The van der Waals surface area contributed by atoms with Gasteiger partial charge in [0.25, 0.3) is 0 Å². The molecule has 0 saturated carbocycles. The van der Waals surface area contributed by atoms with Crippen molar-refractivity contribution >= 4 is 0 Å². The van der Waals surface area contributed by atoms with Gasteiger partial charge in [0, 0.05) is 13.2 Å². The Kier molecular flexibility index (Phi) is 9.29. The van der Waals surface area contributed by atoms with Gasteiger partial charge in [-0.05, 0) is 26.7 Å². The highest BCUT2D eigenvalue weighted by atomic mass is 16.5. The molecule has 2 unspecified atom stereocenters. The van der Waals surface area contributed by atoms with E-state index in [4.69, 9.17) is 19.7 Å². The zero-order valence-electron chi connectivity index (χ0n) is 9.11. The van der Waals surface area contributed by atoms with Gasteiger partial charge in [-0.3, -0.25) is 0 Å². The van der Waals surface area contributed by atoms with Crippen molar-refractivity contribution in [1.29, 1.82) is 0 Å². The zero-order valence-corrected chi connectivity index (χ0v) is 9.11. The standard InChI is InChI=1S/C10H22O4/c1-9(7-12)14-10(2)8-13-6-4-3-5-11/h9-12H,3-8H2,1-2H3. The molecule has 0 fully saturated rings. The van der Waals surface area contributed by atoms with E-state index >= 15 is 0 Å². The molecule has 0 spiro atoms. The molecular formula is C10H22O4. The first-order chi connectivity index (χ1) is 6.70. The fraction of sp³-hybridized carbons (Fsp3) is 1.00. The van der Waals surface area contributed by atoms with E-state index in [1.54, 1.807) is 0 Å². The van der Waals surface area contributed by atoms with Gasteiger partial charge in [-0.2, -0.15) is 0 Å². The largest absolute Gasteiger partial charge is 0.396 e. The fourth-order valence-corrected chi connectivity index (χ4v) is 1.04. The third-order valence-electron chi connectivity index (χ3n) is 1.77. The Morgan fingerprint density at radius 1 is 1.07 bits per heavy atom. The summed E-state index contributed by atoms with van der Waals surface area (Å²) in [6, 6.07) is 0. The molecule has 0 rings (SSSR count). The first-order valence-corrected chi connectivity index (χ1v) is 5.15. The van der Waals surface area contributed by atoms with Gasteiger partial charge in [-0.1, -0.05) is 0 Å². The maximum atomic E-state index is 8.73. The molecule has 0 aliphatic rings. The quantitative estimate of drug-likeness (QED) is 0.541. The lowest BCUT2D eigenvalue weighted by Gasteiger charge is -2.17. The summed E-state index contributed by atoms with van der Waals surface area (Å²) in [5.41, 5.74) is 0. The van der Waals surface area contributed by atoms with Crippen molar-refractivity contribution in [2.75, 3.05) is 26.4 Å². The van der Waals surface area contributed by atoms with E-state index in [9.17, 15) is 0 Å². The Morgan fingerprint density at radius 2 is 1.79 bits per heavy atom. The van der Waals surface area contributed by atoms with Gasteiger partial charge < -0.3 is 19.7 Å². The molecule has 2 N–H and O–H groups in total. The summed E-state index contributed by atoms with van der Waals surface area (Å²) in [6.07, 6.45) is 1.53. The topological polar surface area (TPSA) is 58.9 Å². The molecular weight excluding hydrogens is 184 g/mol. The number of hydrogen-bond acceptors (Lipinski definition) is 4. The third kappa shape index (κ3) is 8.44. The fourth-order valence-electron chi connectivity index (χ4n) is 1.04. The van der Waals surface area contributed by atoms with E-state index in [1.165, 1.54) is 0 Å². The lowest BCUT2D eigenvalue weighted by atomic mass is 10.3. The van der Waals surface area contributed by atoms with Gasteiger partial charge in [0.1, 0.15) is 0 Å². The second-order valence-electron chi connectivity index (χ2n) is 3.45. The molecule has 4 heteroatoms. The molecule has 0 aromatic rings. The molecule has 0 aliphatic carbocycles. The van der Waals surface area contributed by atoms with Crippen molar-refractivity contribution in [3.05, 3.63) is 0 Å². The van der Waals surface area contributed by atoms with Crippen LogP contribution >= 0.6 is 0 Å². The van der Waals surface area contributed by atoms with E-state index in [0.29, 0.717) is 13.2 Å². The average molecular weight is 206 g/mol. The highest BCUT2D eigenvalue weighted by Gasteiger charge is 2.07. The van der Waals surface area contributed by atoms with Crippen LogP contribution in [0.1, 0.15) is 26.7 Å². The van der Waals surface area contributed by atoms with Crippen LogP contribution in [0.2, 0.25) is 0 Å². The van der Waals surface area contributed by atoms with Crippen LogP contribution in [0.4, 0.5) is 0 Å². The van der Waals surface area contributed by atoms with E-state index in [-0.39, 0.29) is 25.4 Å². The minimum absolute atomic E-state index is 0.00581. The minimum atomic E-state index is -0.133. The molecule has 0 aromatic heterocycles. The zero-order chi connectivity index (χ0) is 10.8. The maximum Gasteiger partial charge on any atom is 0.0785 e. The van der Waals surface area contributed by atoms with Gasteiger partial charge in [-0.15, -0.1) is 0 Å². The Bertz CT molecular complexity index is 119. The predicted molar refractivity (Wildman–Crippen MR) is 54.2 cm³/mol. The maximum absolute atomic E-state index is 8.73. The number of hydrogen-bond donors (Lipinski definition) is 2. The minimum Gasteiger partial charge on any atom is -0.396 e. The Morgan fingerprint density at radius 3 is 2.36 bits per heavy atom. The number of aliphatic hydroxyl groups is 2. The summed E-state index contributed by atoms with van der Waals surface area (Å²) in [7, 11) is 0. The molecule has 0 aliphatic heterocycles. The molecule has 0 amide bonds. The first kappa shape index (κ1) is 13.8. The monoisotopic (exact) mass is 206 g/mol. The van der Waals surface area contributed by atoms with Crippen LogP contribution in [-0.2, 0) is 9.47 Å². The van der Waals surface area contributed by atoms with Crippen LogP contribution in [0.25, 0.3) is 0 Å². The normalized spacial score (nSPS) is 15.4. The molecule has 4 nitrogen and oxygen atoms in total. The predicted octanol–water partition coefficient (Wildman–Crippen LogP) is 0.561. The van der Waals surface area contributed by atoms with Crippen LogP contribution in [0.3, 0.4) is 0 Å². The summed E-state index contributed by atoms with van der Waals surface area (Å²) in [6.45, 7) is 5.18. The highest BCUT2D eigenvalue weighted by Crippen LogP contribution is 1.99. The number of ether oxygens (including phenoxy) is 2. The highest BCUT2D eigenvalue weighted by molar-refractivity contribution is 4.52.